The second-order valence-electron chi connectivity index (χ2n) is 5.02. The number of aliphatic hydroxyl groups excluding tert-OH is 1. The fourth-order valence-corrected chi connectivity index (χ4v) is 2.60. The highest BCUT2D eigenvalue weighted by atomic mass is 16.4. The molecule has 2 nitrogen and oxygen atoms in total. The van der Waals surface area contributed by atoms with Gasteiger partial charge in [0.05, 0.1) is 0 Å². The molecule has 1 aliphatic rings. The lowest BCUT2D eigenvalue weighted by molar-refractivity contribution is 0.123. The number of rotatable bonds is 4. The summed E-state index contributed by atoms with van der Waals surface area (Å²) in [7, 11) is 0. The van der Waals surface area contributed by atoms with Crippen LogP contribution >= 0.6 is 0 Å². The van der Waals surface area contributed by atoms with Crippen LogP contribution in [-0.2, 0) is 6.42 Å². The van der Waals surface area contributed by atoms with Crippen molar-refractivity contribution in [3.05, 3.63) is 59.5 Å². The van der Waals surface area contributed by atoms with Gasteiger partial charge in [-0.2, -0.15) is 0 Å². The Labute approximate surface area is 107 Å². The summed E-state index contributed by atoms with van der Waals surface area (Å²) < 4.78 is 5.63. The van der Waals surface area contributed by atoms with Crippen LogP contribution in [0.1, 0.15) is 42.5 Å². The molecule has 1 aromatic carbocycles. The van der Waals surface area contributed by atoms with E-state index < -0.39 is 6.10 Å². The maximum absolute atomic E-state index is 10.3. The molecule has 3 atom stereocenters. The zero-order valence-corrected chi connectivity index (χ0v) is 10.5. The summed E-state index contributed by atoms with van der Waals surface area (Å²) in [5.41, 5.74) is 1.32. The van der Waals surface area contributed by atoms with Gasteiger partial charge in [-0.1, -0.05) is 37.3 Å². The van der Waals surface area contributed by atoms with E-state index in [1.54, 1.807) is 0 Å². The van der Waals surface area contributed by atoms with Crippen LogP contribution in [0.15, 0.2) is 46.9 Å². The van der Waals surface area contributed by atoms with Crippen molar-refractivity contribution in [3.8, 4) is 0 Å². The zero-order valence-electron chi connectivity index (χ0n) is 10.5. The first-order valence-corrected chi connectivity index (χ1v) is 6.61. The van der Waals surface area contributed by atoms with E-state index >= 15 is 0 Å². The molecule has 18 heavy (non-hydrogen) atoms. The van der Waals surface area contributed by atoms with Crippen LogP contribution < -0.4 is 0 Å². The van der Waals surface area contributed by atoms with Gasteiger partial charge in [-0.15, -0.1) is 0 Å². The van der Waals surface area contributed by atoms with Gasteiger partial charge < -0.3 is 9.52 Å². The number of aliphatic hydroxyl groups is 1. The van der Waals surface area contributed by atoms with Crippen molar-refractivity contribution in [2.24, 2.45) is 5.92 Å². The summed E-state index contributed by atoms with van der Waals surface area (Å²) in [5, 5.41) is 10.3. The number of aryl methyl sites for hydroxylation is 1. The minimum absolute atomic E-state index is 0.309. The van der Waals surface area contributed by atoms with E-state index in [0.717, 1.165) is 24.4 Å². The molecule has 0 bridgehead atoms. The largest absolute Gasteiger partial charge is 0.463 e. The highest BCUT2D eigenvalue weighted by molar-refractivity contribution is 5.27. The number of benzene rings is 1. The molecule has 0 saturated heterocycles. The molecular weight excluding hydrogens is 224 g/mol. The third-order valence-corrected chi connectivity index (χ3v) is 3.80. The summed E-state index contributed by atoms with van der Waals surface area (Å²) in [5.74, 6) is 2.45. The summed E-state index contributed by atoms with van der Waals surface area (Å²) in [6.45, 7) is 2.05. The van der Waals surface area contributed by atoms with Crippen molar-refractivity contribution in [3.63, 3.8) is 0 Å². The second-order valence-corrected chi connectivity index (χ2v) is 5.02. The molecule has 1 saturated carbocycles. The Morgan fingerprint density at radius 3 is 2.67 bits per heavy atom. The number of furan rings is 1. The standard InChI is InChI=1S/C16H18O2/c1-2-12-8-9-15(18-12)16(17)14-10-13(14)11-6-4-3-5-7-11/h3-9,13-14,16-17H,2,10H2,1H3. The molecular formula is C16H18O2. The first-order valence-electron chi connectivity index (χ1n) is 6.61. The van der Waals surface area contributed by atoms with Gasteiger partial charge in [0.2, 0.25) is 0 Å². The molecule has 0 amide bonds. The Hall–Kier alpha value is -1.54. The van der Waals surface area contributed by atoms with Gasteiger partial charge in [-0.05, 0) is 36.0 Å². The van der Waals surface area contributed by atoms with Crippen molar-refractivity contribution in [2.75, 3.05) is 0 Å². The van der Waals surface area contributed by atoms with Gasteiger partial charge in [0.15, 0.2) is 0 Å². The van der Waals surface area contributed by atoms with Gasteiger partial charge in [0.1, 0.15) is 17.6 Å². The van der Waals surface area contributed by atoms with E-state index in [4.69, 9.17) is 4.42 Å². The van der Waals surface area contributed by atoms with Gasteiger partial charge >= 0.3 is 0 Å². The Morgan fingerprint density at radius 1 is 1.22 bits per heavy atom. The summed E-state index contributed by atoms with van der Waals surface area (Å²) >= 11 is 0. The average Bonchev–Trinajstić information content (AvgIpc) is 3.08. The van der Waals surface area contributed by atoms with Crippen LogP contribution in [0.5, 0.6) is 0 Å². The molecule has 1 heterocycles. The van der Waals surface area contributed by atoms with E-state index in [2.05, 4.69) is 31.2 Å². The second kappa shape index (κ2) is 4.62. The molecule has 0 aliphatic heterocycles. The van der Waals surface area contributed by atoms with Crippen LogP contribution in [0, 0.1) is 5.92 Å². The Kier molecular flexibility index (Phi) is 2.96. The molecule has 94 valence electrons. The van der Waals surface area contributed by atoms with Gasteiger partial charge in [0.25, 0.3) is 0 Å². The molecule has 1 fully saturated rings. The molecule has 3 unspecified atom stereocenters. The summed E-state index contributed by atoms with van der Waals surface area (Å²) in [6, 6.07) is 14.3. The minimum Gasteiger partial charge on any atom is -0.463 e. The smallest absolute Gasteiger partial charge is 0.132 e. The maximum atomic E-state index is 10.3. The third kappa shape index (κ3) is 2.08. The minimum atomic E-state index is -0.462. The molecule has 3 rings (SSSR count). The fraction of sp³-hybridized carbons (Fsp3) is 0.375. The molecule has 2 heteroatoms. The molecule has 0 radical (unpaired) electrons. The monoisotopic (exact) mass is 242 g/mol. The third-order valence-electron chi connectivity index (χ3n) is 3.80. The van der Waals surface area contributed by atoms with E-state index in [-0.39, 0.29) is 0 Å². The van der Waals surface area contributed by atoms with Crippen LogP contribution in [0.2, 0.25) is 0 Å². The zero-order chi connectivity index (χ0) is 12.5. The number of hydrogen-bond donors (Lipinski definition) is 1. The SMILES string of the molecule is CCc1ccc(C(O)C2CC2c2ccccc2)o1. The summed E-state index contributed by atoms with van der Waals surface area (Å²) in [4.78, 5) is 0. The predicted molar refractivity (Wildman–Crippen MR) is 70.3 cm³/mol. The van der Waals surface area contributed by atoms with Crippen molar-refractivity contribution >= 4 is 0 Å². The highest BCUT2D eigenvalue weighted by Crippen LogP contribution is 2.54. The molecule has 0 spiro atoms. The Balaban J connectivity index is 1.70. The highest BCUT2D eigenvalue weighted by Gasteiger charge is 2.44. The quantitative estimate of drug-likeness (QED) is 0.887. The lowest BCUT2D eigenvalue weighted by Gasteiger charge is -2.07. The fourth-order valence-electron chi connectivity index (χ4n) is 2.60. The summed E-state index contributed by atoms with van der Waals surface area (Å²) in [6.07, 6.45) is 1.46. The van der Waals surface area contributed by atoms with Crippen molar-refractivity contribution in [2.45, 2.75) is 31.8 Å². The predicted octanol–water partition coefficient (Wildman–Crippen LogP) is 3.68. The topological polar surface area (TPSA) is 33.4 Å². The lowest BCUT2D eigenvalue weighted by atomic mass is 10.1. The van der Waals surface area contributed by atoms with Crippen LogP contribution in [0.3, 0.4) is 0 Å². The van der Waals surface area contributed by atoms with Gasteiger partial charge in [-0.3, -0.25) is 0 Å². The van der Waals surface area contributed by atoms with Crippen LogP contribution in [0.25, 0.3) is 0 Å². The van der Waals surface area contributed by atoms with Gasteiger partial charge in [0, 0.05) is 6.42 Å². The first kappa shape index (κ1) is 11.5. The van der Waals surface area contributed by atoms with Crippen molar-refractivity contribution < 1.29 is 9.52 Å². The molecule has 1 aliphatic carbocycles. The lowest BCUT2D eigenvalue weighted by Crippen LogP contribution is -1.99. The average molecular weight is 242 g/mol. The van der Waals surface area contributed by atoms with Crippen LogP contribution in [0.4, 0.5) is 0 Å². The van der Waals surface area contributed by atoms with Gasteiger partial charge in [-0.25, -0.2) is 0 Å². The molecule has 2 aromatic rings. The molecule has 1 N–H and O–H groups in total. The Bertz CT molecular complexity index is 515. The maximum Gasteiger partial charge on any atom is 0.132 e. The van der Waals surface area contributed by atoms with Crippen molar-refractivity contribution in [1.29, 1.82) is 0 Å². The Morgan fingerprint density at radius 2 is 2.00 bits per heavy atom. The van der Waals surface area contributed by atoms with E-state index in [1.165, 1.54) is 5.56 Å². The normalized spacial score (nSPS) is 23.9. The van der Waals surface area contributed by atoms with E-state index in [1.807, 2.05) is 18.2 Å². The van der Waals surface area contributed by atoms with E-state index in [9.17, 15) is 5.11 Å². The first-order chi connectivity index (χ1) is 8.79. The van der Waals surface area contributed by atoms with Crippen LogP contribution in [-0.4, -0.2) is 5.11 Å². The van der Waals surface area contributed by atoms with E-state index in [0.29, 0.717) is 11.8 Å². The number of hydrogen-bond acceptors (Lipinski definition) is 2. The molecule has 1 aromatic heterocycles. The van der Waals surface area contributed by atoms with Crippen molar-refractivity contribution in [1.82, 2.24) is 0 Å².